The van der Waals surface area contributed by atoms with Crippen LogP contribution in [-0.2, 0) is 15.6 Å². The average Bonchev–Trinajstić information content (AvgIpc) is 2.46. The van der Waals surface area contributed by atoms with E-state index in [9.17, 15) is 15.0 Å². The first kappa shape index (κ1) is 22.5. The highest BCUT2D eigenvalue weighted by molar-refractivity contribution is 5.72. The van der Waals surface area contributed by atoms with Gasteiger partial charge in [-0.2, -0.15) is 0 Å². The van der Waals surface area contributed by atoms with Crippen molar-refractivity contribution in [1.82, 2.24) is 0 Å². The predicted octanol–water partition coefficient (Wildman–Crippen LogP) is 5.38. The molecule has 0 saturated heterocycles. The number of aliphatic hydroxyl groups is 1. The van der Waals surface area contributed by atoms with E-state index in [1.54, 1.807) is 6.07 Å². The van der Waals surface area contributed by atoms with Gasteiger partial charge in [-0.15, -0.1) is 0 Å². The van der Waals surface area contributed by atoms with E-state index in [2.05, 4.69) is 0 Å². The molecule has 0 aliphatic carbocycles. The molecule has 0 bridgehead atoms. The molecule has 0 fully saturated rings. The van der Waals surface area contributed by atoms with E-state index >= 15 is 0 Å². The Kier molecular flexibility index (Phi) is 6.92. The van der Waals surface area contributed by atoms with Crippen LogP contribution in [0.5, 0.6) is 11.5 Å². The molecule has 0 amide bonds. The number of hydrogen-bond acceptors (Lipinski definition) is 4. The molecule has 26 heavy (non-hydrogen) atoms. The van der Waals surface area contributed by atoms with Gasteiger partial charge in [0.15, 0.2) is 0 Å². The van der Waals surface area contributed by atoms with E-state index in [0.29, 0.717) is 16.9 Å². The number of aliphatic hydroxyl groups excluding tert-OH is 1. The summed E-state index contributed by atoms with van der Waals surface area (Å²) in [5, 5.41) is 21.9. The fraction of sp³-hybridized carbons (Fsp3) is 0.682. The summed E-state index contributed by atoms with van der Waals surface area (Å²) in [6.45, 7) is 17.5. The normalized spacial score (nSPS) is 13.8. The van der Waals surface area contributed by atoms with Crippen molar-refractivity contribution < 1.29 is 19.7 Å². The number of aromatic hydroxyl groups is 1. The van der Waals surface area contributed by atoms with Crippen LogP contribution in [0.15, 0.2) is 6.07 Å². The van der Waals surface area contributed by atoms with Crippen molar-refractivity contribution in [1.29, 1.82) is 0 Å². The molecule has 4 nitrogen and oxygen atoms in total. The largest absolute Gasteiger partial charge is 0.508 e. The van der Waals surface area contributed by atoms with Crippen molar-refractivity contribution in [2.75, 3.05) is 0 Å². The third-order valence-electron chi connectivity index (χ3n) is 4.89. The van der Waals surface area contributed by atoms with Crippen LogP contribution < -0.4 is 4.74 Å². The lowest BCUT2D eigenvalue weighted by atomic mass is 9.74. The van der Waals surface area contributed by atoms with Crippen LogP contribution in [0, 0.1) is 5.92 Å². The number of rotatable bonds is 5. The number of phenolic OH excluding ortho intramolecular Hbond substituents is 1. The lowest BCUT2D eigenvalue weighted by Gasteiger charge is -2.34. The van der Waals surface area contributed by atoms with Crippen molar-refractivity contribution >= 4 is 5.97 Å². The smallest absolute Gasteiger partial charge is 0.308 e. The van der Waals surface area contributed by atoms with Crippen molar-refractivity contribution in [3.8, 4) is 11.5 Å². The molecule has 0 aliphatic rings. The number of carbonyl (C=O) groups excluding carboxylic acids is 1. The first-order chi connectivity index (χ1) is 11.8. The highest BCUT2D eigenvalue weighted by Gasteiger charge is 2.36. The minimum Gasteiger partial charge on any atom is -0.508 e. The van der Waals surface area contributed by atoms with Crippen molar-refractivity contribution in [2.45, 2.75) is 92.1 Å². The lowest BCUT2D eigenvalue weighted by molar-refractivity contribution is -0.132. The summed E-state index contributed by atoms with van der Waals surface area (Å²) < 4.78 is 5.66. The molecule has 1 unspecified atom stereocenters. The van der Waals surface area contributed by atoms with Crippen LogP contribution in [0.4, 0.5) is 0 Å². The van der Waals surface area contributed by atoms with Gasteiger partial charge in [0.05, 0.1) is 6.10 Å². The van der Waals surface area contributed by atoms with E-state index in [-0.39, 0.29) is 17.1 Å². The molecule has 0 saturated carbocycles. The Morgan fingerprint density at radius 1 is 1.08 bits per heavy atom. The van der Waals surface area contributed by atoms with E-state index in [1.807, 2.05) is 55.4 Å². The molecule has 1 aromatic rings. The number of phenols is 1. The Balaban J connectivity index is 3.95. The Morgan fingerprint density at radius 3 is 1.92 bits per heavy atom. The number of hydrogen-bond donors (Lipinski definition) is 2. The van der Waals surface area contributed by atoms with Gasteiger partial charge in [0.25, 0.3) is 0 Å². The molecule has 1 aromatic carbocycles. The predicted molar refractivity (Wildman–Crippen MR) is 106 cm³/mol. The van der Waals surface area contributed by atoms with E-state index in [0.717, 1.165) is 18.4 Å². The fourth-order valence-corrected chi connectivity index (χ4v) is 3.49. The van der Waals surface area contributed by atoms with Gasteiger partial charge < -0.3 is 14.9 Å². The molecule has 1 rings (SSSR count). The van der Waals surface area contributed by atoms with Crippen molar-refractivity contribution in [3.05, 3.63) is 22.8 Å². The molecule has 2 N–H and O–H groups in total. The minimum absolute atomic E-state index is 0.0210. The second-order valence-electron chi connectivity index (χ2n) is 9.18. The molecule has 0 aliphatic heterocycles. The van der Waals surface area contributed by atoms with Gasteiger partial charge in [-0.3, -0.25) is 4.79 Å². The van der Waals surface area contributed by atoms with E-state index in [1.165, 1.54) is 6.92 Å². The van der Waals surface area contributed by atoms with Crippen LogP contribution >= 0.6 is 0 Å². The van der Waals surface area contributed by atoms with Gasteiger partial charge in [0.2, 0.25) is 0 Å². The average molecular weight is 365 g/mol. The summed E-state index contributed by atoms with van der Waals surface area (Å²) in [5.74, 6) is 0.146. The highest BCUT2D eigenvalue weighted by atomic mass is 16.5. The van der Waals surface area contributed by atoms with Gasteiger partial charge >= 0.3 is 5.97 Å². The number of esters is 1. The molecule has 0 heterocycles. The van der Waals surface area contributed by atoms with Gasteiger partial charge in [-0.05, 0) is 22.8 Å². The number of ether oxygens (including phenoxy) is 1. The fourth-order valence-electron chi connectivity index (χ4n) is 3.49. The maximum absolute atomic E-state index is 11.8. The Labute approximate surface area is 158 Å². The van der Waals surface area contributed by atoms with Crippen LogP contribution in [0.25, 0.3) is 0 Å². The van der Waals surface area contributed by atoms with Crippen LogP contribution in [-0.4, -0.2) is 16.2 Å². The SMILES string of the molecule is CCC(CC)C(O)c1c(O)cc(C(C)(C)C)c(OC(C)=O)c1C(C)(C)C. The molecule has 0 aromatic heterocycles. The van der Waals surface area contributed by atoms with Crippen molar-refractivity contribution in [2.24, 2.45) is 5.92 Å². The zero-order valence-corrected chi connectivity index (χ0v) is 17.9. The molecular weight excluding hydrogens is 328 g/mol. The maximum atomic E-state index is 11.8. The molecular formula is C22H36O4. The minimum atomic E-state index is -0.817. The van der Waals surface area contributed by atoms with Gasteiger partial charge in [0.1, 0.15) is 11.5 Å². The summed E-state index contributed by atoms with van der Waals surface area (Å²) in [4.78, 5) is 11.8. The maximum Gasteiger partial charge on any atom is 0.308 e. The third kappa shape index (κ3) is 4.79. The topological polar surface area (TPSA) is 66.8 Å². The quantitative estimate of drug-likeness (QED) is 0.543. The first-order valence-electron chi connectivity index (χ1n) is 9.52. The molecule has 4 heteroatoms. The molecule has 0 radical (unpaired) electrons. The monoisotopic (exact) mass is 364 g/mol. The zero-order chi connectivity index (χ0) is 20.4. The Hall–Kier alpha value is -1.55. The van der Waals surface area contributed by atoms with Gasteiger partial charge in [-0.25, -0.2) is 0 Å². The number of benzene rings is 1. The van der Waals surface area contributed by atoms with Gasteiger partial charge in [0, 0.05) is 23.6 Å². The van der Waals surface area contributed by atoms with Crippen LogP contribution in [0.2, 0.25) is 0 Å². The second-order valence-corrected chi connectivity index (χ2v) is 9.18. The molecule has 148 valence electrons. The Bertz CT molecular complexity index is 644. The van der Waals surface area contributed by atoms with Crippen LogP contribution in [0.1, 0.15) is 97.9 Å². The lowest BCUT2D eigenvalue weighted by Crippen LogP contribution is -2.25. The molecule has 1 atom stereocenters. The first-order valence-corrected chi connectivity index (χ1v) is 9.52. The third-order valence-corrected chi connectivity index (χ3v) is 4.89. The second kappa shape index (κ2) is 7.99. The number of carbonyl (C=O) groups is 1. The standard InChI is InChI=1S/C22H36O4/c1-10-14(11-2)19(25)17-16(24)12-15(21(4,5)6)20(26-13(3)23)18(17)22(7,8)9/h12,14,19,24-25H,10-11H2,1-9H3. The van der Waals surface area contributed by atoms with Crippen LogP contribution in [0.3, 0.4) is 0 Å². The summed E-state index contributed by atoms with van der Waals surface area (Å²) in [6, 6.07) is 1.65. The van der Waals surface area contributed by atoms with Gasteiger partial charge in [-0.1, -0.05) is 68.2 Å². The van der Waals surface area contributed by atoms with E-state index < -0.39 is 17.5 Å². The van der Waals surface area contributed by atoms with E-state index in [4.69, 9.17) is 4.74 Å². The molecule has 0 spiro atoms. The Morgan fingerprint density at radius 2 is 1.58 bits per heavy atom. The summed E-state index contributed by atoms with van der Waals surface area (Å²) in [6.07, 6.45) is 0.775. The summed E-state index contributed by atoms with van der Waals surface area (Å²) in [7, 11) is 0. The van der Waals surface area contributed by atoms with Crippen molar-refractivity contribution in [3.63, 3.8) is 0 Å². The highest BCUT2D eigenvalue weighted by Crippen LogP contribution is 2.49. The summed E-state index contributed by atoms with van der Waals surface area (Å²) in [5.41, 5.74) is 1.19. The zero-order valence-electron chi connectivity index (χ0n) is 17.9. The summed E-state index contributed by atoms with van der Waals surface area (Å²) >= 11 is 0.